The molecule has 3 aromatic carbocycles. The third-order valence-corrected chi connectivity index (χ3v) is 12.2. The van der Waals surface area contributed by atoms with E-state index in [1.165, 1.54) is 12.7 Å². The van der Waals surface area contributed by atoms with Crippen LogP contribution in [-0.2, 0) is 41.7 Å². The van der Waals surface area contributed by atoms with Crippen LogP contribution in [0.5, 0.6) is 0 Å². The molecule has 0 saturated heterocycles. The van der Waals surface area contributed by atoms with Gasteiger partial charge in [0.15, 0.2) is 11.9 Å². The molecular weight excluding hydrogens is 807 g/mol. The average Bonchev–Trinajstić information content (AvgIpc) is 3.75. The summed E-state index contributed by atoms with van der Waals surface area (Å²) >= 11 is 0. The average molecular weight is 878 g/mol. The van der Waals surface area contributed by atoms with Crippen LogP contribution < -0.4 is 33.6 Å². The third-order valence-electron chi connectivity index (χ3n) is 12.2. The van der Waals surface area contributed by atoms with Crippen LogP contribution in [0.2, 0.25) is 0 Å². The molecule has 4 aromatic rings. The molecule has 5 rings (SSSR count). The molecule has 1 atom stereocenters. The molecule has 0 fully saturated rings. The number of nitrogens with one attached hydrogen (secondary N) is 3. The fourth-order valence-electron chi connectivity index (χ4n) is 8.89. The van der Waals surface area contributed by atoms with E-state index in [0.29, 0.717) is 12.8 Å². The van der Waals surface area contributed by atoms with Crippen LogP contribution in [0.1, 0.15) is 127 Å². The number of esters is 1. The number of hydrogen-bond donors (Lipinski definition) is 7. The summed E-state index contributed by atoms with van der Waals surface area (Å²) in [5.74, 6) is -1.32. The summed E-state index contributed by atoms with van der Waals surface area (Å²) in [7, 11) is 1.31. The molecule has 0 spiro atoms. The van der Waals surface area contributed by atoms with E-state index >= 15 is 0 Å². The number of rotatable bonds is 17. The van der Waals surface area contributed by atoms with Crippen LogP contribution in [0.15, 0.2) is 70.6 Å². The van der Waals surface area contributed by atoms with E-state index in [0.717, 1.165) is 50.0 Å². The minimum atomic E-state index is -1.20. The Balaban J connectivity index is 1.56. The number of amides is 2. The van der Waals surface area contributed by atoms with Crippen molar-refractivity contribution in [2.24, 2.45) is 38.3 Å². The molecule has 2 amide bonds. The van der Waals surface area contributed by atoms with E-state index in [1.54, 1.807) is 0 Å². The van der Waals surface area contributed by atoms with E-state index in [4.69, 9.17) is 32.4 Å². The van der Waals surface area contributed by atoms with E-state index in [9.17, 15) is 14.4 Å². The van der Waals surface area contributed by atoms with Crippen molar-refractivity contribution in [3.05, 3.63) is 94.2 Å². The van der Waals surface area contributed by atoms with Gasteiger partial charge in [0.1, 0.15) is 12.6 Å². The fraction of sp³-hybridized carbons (Fsp3) is 0.500. The van der Waals surface area contributed by atoms with Gasteiger partial charge < -0.3 is 48.0 Å². The number of nitrogens with two attached hydrogens (primary N) is 4. The summed E-state index contributed by atoms with van der Waals surface area (Å²) in [4.78, 5) is 54.8. The number of nitrogens with zero attached hydrogens (tertiary/aromatic N) is 2. The van der Waals surface area contributed by atoms with Crippen LogP contribution in [-0.4, -0.2) is 74.3 Å². The zero-order valence-corrected chi connectivity index (χ0v) is 39.5. The fourth-order valence-corrected chi connectivity index (χ4v) is 8.89. The number of guanidine groups is 2. The predicted molar refractivity (Wildman–Crippen MR) is 257 cm³/mol. The van der Waals surface area contributed by atoms with Crippen molar-refractivity contribution < 1.29 is 23.9 Å². The maximum absolute atomic E-state index is 14.9. The van der Waals surface area contributed by atoms with Crippen molar-refractivity contribution in [3.63, 3.8) is 0 Å². The molecule has 0 bridgehead atoms. The van der Waals surface area contributed by atoms with Gasteiger partial charge in [0.05, 0.1) is 12.5 Å². The SMILES string of the molecule is COC(=O)C(CCCN=C(N)N)(CCCN=C(N)N)CNC(=O)C(Cc1c(C(C)(C)C)[nH]c2cc(C(C)(C)C)cc(C(C)(C)C)c12)NC(=O)OCC1c2ccccc2-c2ccccc21. The van der Waals surface area contributed by atoms with Crippen LogP contribution in [0.4, 0.5) is 4.79 Å². The monoisotopic (exact) mass is 878 g/mol. The molecule has 0 aliphatic heterocycles. The first kappa shape index (κ1) is 49.0. The van der Waals surface area contributed by atoms with E-state index in [-0.39, 0.29) is 79.6 Å². The lowest BCUT2D eigenvalue weighted by atomic mass is 9.77. The maximum Gasteiger partial charge on any atom is 0.407 e. The van der Waals surface area contributed by atoms with Crippen LogP contribution in [0.25, 0.3) is 22.0 Å². The number of carbonyl (C=O) groups is 3. The Morgan fingerprint density at radius 3 is 1.80 bits per heavy atom. The van der Waals surface area contributed by atoms with Gasteiger partial charge in [-0.2, -0.15) is 0 Å². The quantitative estimate of drug-likeness (QED) is 0.0253. The van der Waals surface area contributed by atoms with Gasteiger partial charge in [0.2, 0.25) is 5.91 Å². The second-order valence-electron chi connectivity index (χ2n) is 20.2. The lowest BCUT2D eigenvalue weighted by Crippen LogP contribution is -2.52. The van der Waals surface area contributed by atoms with Gasteiger partial charge in [-0.15, -0.1) is 0 Å². The van der Waals surface area contributed by atoms with Gasteiger partial charge in [0.25, 0.3) is 0 Å². The van der Waals surface area contributed by atoms with Crippen LogP contribution >= 0.6 is 0 Å². The Labute approximate surface area is 378 Å². The molecule has 1 unspecified atom stereocenters. The Kier molecular flexibility index (Phi) is 15.1. The molecule has 1 aromatic heterocycles. The number of hydrogen-bond acceptors (Lipinski definition) is 7. The summed E-state index contributed by atoms with van der Waals surface area (Å²) in [6.07, 6.45) is 0.793. The van der Waals surface area contributed by atoms with E-state index in [2.05, 4.69) is 124 Å². The molecule has 0 saturated carbocycles. The molecule has 0 radical (unpaired) electrons. The molecule has 1 heterocycles. The molecule has 1 aliphatic rings. The second kappa shape index (κ2) is 19.8. The van der Waals surface area contributed by atoms with Crippen molar-refractivity contribution in [1.29, 1.82) is 0 Å². The zero-order chi connectivity index (χ0) is 47.2. The van der Waals surface area contributed by atoms with Crippen LogP contribution in [0, 0.1) is 5.41 Å². The highest BCUT2D eigenvalue weighted by Crippen LogP contribution is 2.45. The highest BCUT2D eigenvalue weighted by atomic mass is 16.5. The largest absolute Gasteiger partial charge is 0.469 e. The number of aliphatic imine (C=N–C) groups is 2. The summed E-state index contributed by atoms with van der Waals surface area (Å²) in [5.41, 5.74) is 29.9. The number of H-pyrrole nitrogens is 1. The minimum absolute atomic E-state index is 0.0648. The number of aromatic amines is 1. The summed E-state index contributed by atoms with van der Waals surface area (Å²) in [6, 6.07) is 19.6. The van der Waals surface area contributed by atoms with Crippen molar-refractivity contribution >= 4 is 40.8 Å². The van der Waals surface area contributed by atoms with Gasteiger partial charge in [-0.25, -0.2) is 4.79 Å². The number of fused-ring (bicyclic) bond motifs is 4. The lowest BCUT2D eigenvalue weighted by molar-refractivity contribution is -0.154. The molecule has 1 aliphatic carbocycles. The van der Waals surface area contributed by atoms with E-state index < -0.39 is 29.4 Å². The predicted octanol–water partition coefficient (Wildman–Crippen LogP) is 6.89. The maximum atomic E-state index is 14.9. The number of benzene rings is 3. The lowest BCUT2D eigenvalue weighted by Gasteiger charge is -2.32. The first-order valence-corrected chi connectivity index (χ1v) is 22.3. The first-order chi connectivity index (χ1) is 30.0. The van der Waals surface area contributed by atoms with Gasteiger partial charge >= 0.3 is 12.1 Å². The number of alkyl carbamates (subject to hydrolysis) is 1. The third kappa shape index (κ3) is 11.5. The Bertz CT molecular complexity index is 2300. The van der Waals surface area contributed by atoms with Crippen molar-refractivity contribution in [2.45, 2.75) is 123 Å². The normalized spacial score (nSPS) is 13.4. The van der Waals surface area contributed by atoms with Gasteiger partial charge in [0, 0.05) is 54.0 Å². The highest BCUT2D eigenvalue weighted by molar-refractivity contribution is 5.93. The van der Waals surface area contributed by atoms with Gasteiger partial charge in [-0.1, -0.05) is 117 Å². The standard InChI is InChI=1S/C50H71N9O5/c1-47(2,3)30-25-37(48(4,5)6)40-35(41(49(7,8)9)58-38(40)26-30)27-39(59-46(62)64-28-36-33-19-13-11-17-31(33)32-18-12-14-20-34(32)36)42(60)57-29-50(43(61)63-10,21-15-23-55-44(51)52)22-16-24-56-45(53)54/h11-14,17-20,25-26,36,39,58H,15-16,21-24,27-29H2,1-10H3,(H,57,60)(H,59,62)(H4,51,52,55)(H4,53,54,56). The number of methoxy groups -OCH3 is 1. The number of aromatic nitrogens is 1. The smallest absolute Gasteiger partial charge is 0.407 e. The molecule has 64 heavy (non-hydrogen) atoms. The molecule has 14 nitrogen and oxygen atoms in total. The number of carbonyl (C=O) groups excluding carboxylic acids is 3. The van der Waals surface area contributed by atoms with E-state index in [1.807, 2.05) is 24.3 Å². The van der Waals surface area contributed by atoms with Gasteiger partial charge in [-0.05, 0) is 81.5 Å². The minimum Gasteiger partial charge on any atom is -0.469 e. The van der Waals surface area contributed by atoms with Crippen molar-refractivity contribution in [3.8, 4) is 11.1 Å². The van der Waals surface area contributed by atoms with Crippen LogP contribution in [0.3, 0.4) is 0 Å². The Morgan fingerprint density at radius 2 is 1.31 bits per heavy atom. The molecule has 14 heteroatoms. The second-order valence-corrected chi connectivity index (χ2v) is 20.2. The first-order valence-electron chi connectivity index (χ1n) is 22.3. The Hall–Kier alpha value is -6.05. The molecule has 346 valence electrons. The molecular formula is C50H71N9O5. The van der Waals surface area contributed by atoms with Crippen molar-refractivity contribution in [1.82, 2.24) is 15.6 Å². The Morgan fingerprint density at radius 1 is 0.766 bits per heavy atom. The summed E-state index contributed by atoms with van der Waals surface area (Å²) < 4.78 is 11.4. The zero-order valence-electron chi connectivity index (χ0n) is 39.5. The topological polar surface area (TPSA) is 238 Å². The van der Waals surface area contributed by atoms with Crippen molar-refractivity contribution in [2.75, 3.05) is 33.4 Å². The van der Waals surface area contributed by atoms with Gasteiger partial charge in [-0.3, -0.25) is 19.6 Å². The number of ether oxygens (including phenoxy) is 2. The summed E-state index contributed by atoms with van der Waals surface area (Å²) in [6.45, 7) is 20.0. The summed E-state index contributed by atoms with van der Waals surface area (Å²) in [5, 5.41) is 7.06. The highest BCUT2D eigenvalue weighted by Gasteiger charge is 2.40. The molecule has 11 N–H and O–H groups in total.